The van der Waals surface area contributed by atoms with Gasteiger partial charge in [0.25, 0.3) is 5.91 Å². The molecule has 116 valence electrons. The molecule has 0 aliphatic carbocycles. The van der Waals surface area contributed by atoms with E-state index in [2.05, 4.69) is 4.98 Å². The predicted molar refractivity (Wildman–Crippen MR) is 68.9 cm³/mol. The van der Waals surface area contributed by atoms with Crippen molar-refractivity contribution in [1.82, 2.24) is 10.0 Å². The fraction of sp³-hybridized carbons (Fsp3) is 0.571. The molecule has 0 saturated carbocycles. The minimum absolute atomic E-state index is 0.216. The van der Waals surface area contributed by atoms with E-state index >= 15 is 0 Å². The Hall–Kier alpha value is -1.63. The van der Waals surface area contributed by atoms with Crippen molar-refractivity contribution in [3.63, 3.8) is 0 Å². The van der Waals surface area contributed by atoms with E-state index in [-0.39, 0.29) is 5.91 Å². The summed E-state index contributed by atoms with van der Waals surface area (Å²) in [4.78, 5) is 21.4. The van der Waals surface area contributed by atoms with Gasteiger partial charge in [-0.2, -0.15) is 13.2 Å². The molecule has 0 bridgehead atoms. The summed E-state index contributed by atoms with van der Waals surface area (Å²) in [5.41, 5.74) is -1.04. The standard InChI is InChI=1S/C14H17F3N2O2/c1-13(2,3)12(20)19-11(6-7-21-19)10-5-4-9(8-18-10)14(15,16)17/h4-5,8,11H,6-7H2,1-3H3/t11-/m0/s1. The lowest BCUT2D eigenvalue weighted by molar-refractivity contribution is -0.186. The lowest BCUT2D eigenvalue weighted by Gasteiger charge is -2.28. The van der Waals surface area contributed by atoms with E-state index in [0.29, 0.717) is 18.7 Å². The molecule has 4 nitrogen and oxygen atoms in total. The highest BCUT2D eigenvalue weighted by molar-refractivity contribution is 5.81. The van der Waals surface area contributed by atoms with Crippen LogP contribution in [0.1, 0.15) is 44.5 Å². The van der Waals surface area contributed by atoms with Crippen molar-refractivity contribution in [3.8, 4) is 0 Å². The molecule has 1 saturated heterocycles. The Labute approximate surface area is 120 Å². The van der Waals surface area contributed by atoms with Gasteiger partial charge in [-0.1, -0.05) is 20.8 Å². The molecule has 0 radical (unpaired) electrons. The molecule has 1 aromatic rings. The molecule has 1 atom stereocenters. The summed E-state index contributed by atoms with van der Waals surface area (Å²) >= 11 is 0. The quantitative estimate of drug-likeness (QED) is 0.799. The zero-order chi connectivity index (χ0) is 15.8. The molecule has 0 spiro atoms. The summed E-state index contributed by atoms with van der Waals surface area (Å²) in [6.45, 7) is 5.62. The van der Waals surface area contributed by atoms with Gasteiger partial charge in [-0.05, 0) is 12.1 Å². The Bertz CT molecular complexity index is 521. The maximum Gasteiger partial charge on any atom is 0.417 e. The smallest absolute Gasteiger partial charge is 0.272 e. The molecular weight excluding hydrogens is 285 g/mol. The SMILES string of the molecule is CC(C)(C)C(=O)N1OCC[C@H]1c1ccc(C(F)(F)F)cn1. The number of hydroxylamine groups is 2. The van der Waals surface area contributed by atoms with Crippen LogP contribution in [0.3, 0.4) is 0 Å². The molecule has 1 fully saturated rings. The van der Waals surface area contributed by atoms with Gasteiger partial charge >= 0.3 is 6.18 Å². The van der Waals surface area contributed by atoms with Crippen molar-refractivity contribution in [2.75, 3.05) is 6.61 Å². The molecule has 0 unspecified atom stereocenters. The number of alkyl halides is 3. The topological polar surface area (TPSA) is 42.4 Å². The molecule has 1 amide bonds. The van der Waals surface area contributed by atoms with Crippen LogP contribution in [0.5, 0.6) is 0 Å². The maximum absolute atomic E-state index is 12.5. The van der Waals surface area contributed by atoms with E-state index in [1.54, 1.807) is 20.8 Å². The Kier molecular flexibility index (Phi) is 3.97. The summed E-state index contributed by atoms with van der Waals surface area (Å²) in [6, 6.07) is 1.82. The van der Waals surface area contributed by atoms with Crippen LogP contribution >= 0.6 is 0 Å². The molecule has 1 aliphatic rings. The number of hydrogen-bond acceptors (Lipinski definition) is 3. The molecule has 7 heteroatoms. The number of carbonyl (C=O) groups excluding carboxylic acids is 1. The molecule has 0 N–H and O–H groups in total. The van der Waals surface area contributed by atoms with Crippen LogP contribution in [0.4, 0.5) is 13.2 Å². The lowest BCUT2D eigenvalue weighted by Crippen LogP contribution is -2.38. The Morgan fingerprint density at radius 2 is 2.00 bits per heavy atom. The number of aromatic nitrogens is 1. The van der Waals surface area contributed by atoms with Crippen molar-refractivity contribution < 1.29 is 22.8 Å². The third kappa shape index (κ3) is 3.34. The van der Waals surface area contributed by atoms with Crippen LogP contribution < -0.4 is 0 Å². The zero-order valence-corrected chi connectivity index (χ0v) is 12.1. The van der Waals surface area contributed by atoms with Crippen LogP contribution in [0.25, 0.3) is 0 Å². The van der Waals surface area contributed by atoms with E-state index in [1.165, 1.54) is 11.1 Å². The largest absolute Gasteiger partial charge is 0.417 e. The average Bonchev–Trinajstić information content (AvgIpc) is 2.84. The van der Waals surface area contributed by atoms with E-state index in [9.17, 15) is 18.0 Å². The highest BCUT2D eigenvalue weighted by Crippen LogP contribution is 2.34. The van der Waals surface area contributed by atoms with Crippen LogP contribution in [0.2, 0.25) is 0 Å². The molecule has 2 rings (SSSR count). The second kappa shape index (κ2) is 5.29. The van der Waals surface area contributed by atoms with Crippen molar-refractivity contribution in [2.24, 2.45) is 5.41 Å². The van der Waals surface area contributed by atoms with Gasteiger partial charge in [0.2, 0.25) is 0 Å². The Morgan fingerprint density at radius 3 is 2.48 bits per heavy atom. The normalized spacial score (nSPS) is 19.9. The van der Waals surface area contributed by atoms with Gasteiger partial charge < -0.3 is 0 Å². The minimum Gasteiger partial charge on any atom is -0.272 e. The fourth-order valence-corrected chi connectivity index (χ4v) is 2.04. The van der Waals surface area contributed by atoms with Crippen molar-refractivity contribution in [1.29, 1.82) is 0 Å². The summed E-state index contributed by atoms with van der Waals surface area (Å²) < 4.78 is 37.6. The first kappa shape index (κ1) is 15.8. The van der Waals surface area contributed by atoms with Gasteiger partial charge in [-0.3, -0.25) is 14.6 Å². The minimum atomic E-state index is -4.42. The van der Waals surface area contributed by atoms with Gasteiger partial charge in [-0.25, -0.2) is 5.06 Å². The molecule has 2 heterocycles. The van der Waals surface area contributed by atoms with Gasteiger partial charge in [-0.15, -0.1) is 0 Å². The van der Waals surface area contributed by atoms with Crippen molar-refractivity contribution >= 4 is 5.91 Å². The number of halogens is 3. The van der Waals surface area contributed by atoms with Gasteiger partial charge in [0.15, 0.2) is 0 Å². The first-order valence-corrected chi connectivity index (χ1v) is 6.60. The highest BCUT2D eigenvalue weighted by Gasteiger charge is 2.38. The monoisotopic (exact) mass is 302 g/mol. The number of pyridine rings is 1. The Balaban J connectivity index is 2.23. The Morgan fingerprint density at radius 1 is 1.33 bits per heavy atom. The molecule has 21 heavy (non-hydrogen) atoms. The second-order valence-corrected chi connectivity index (χ2v) is 5.99. The van der Waals surface area contributed by atoms with Crippen LogP contribution in [0.15, 0.2) is 18.3 Å². The number of nitrogens with zero attached hydrogens (tertiary/aromatic N) is 2. The van der Waals surface area contributed by atoms with Gasteiger partial charge in [0, 0.05) is 18.0 Å². The number of carbonyl (C=O) groups is 1. The third-order valence-corrected chi connectivity index (χ3v) is 3.20. The highest BCUT2D eigenvalue weighted by atomic mass is 19.4. The summed E-state index contributed by atoms with van der Waals surface area (Å²) in [7, 11) is 0. The van der Waals surface area contributed by atoms with Crippen molar-refractivity contribution in [3.05, 3.63) is 29.6 Å². The second-order valence-electron chi connectivity index (χ2n) is 5.99. The molecule has 1 aliphatic heterocycles. The summed E-state index contributed by atoms with van der Waals surface area (Å²) in [5.74, 6) is -0.216. The molecule has 1 aromatic heterocycles. The number of rotatable bonds is 1. The first-order chi connectivity index (χ1) is 9.60. The summed E-state index contributed by atoms with van der Waals surface area (Å²) in [6.07, 6.45) is -3.12. The van der Waals surface area contributed by atoms with Crippen LogP contribution in [-0.2, 0) is 15.8 Å². The summed E-state index contributed by atoms with van der Waals surface area (Å²) in [5, 5.41) is 1.23. The van der Waals surface area contributed by atoms with Gasteiger partial charge in [0.1, 0.15) is 6.04 Å². The molecule has 0 aromatic carbocycles. The lowest BCUT2D eigenvalue weighted by atomic mass is 9.94. The van der Waals surface area contributed by atoms with Crippen LogP contribution in [0, 0.1) is 5.41 Å². The maximum atomic E-state index is 12.5. The van der Waals surface area contributed by atoms with Crippen LogP contribution in [-0.4, -0.2) is 22.6 Å². The van der Waals surface area contributed by atoms with E-state index in [0.717, 1.165) is 12.3 Å². The van der Waals surface area contributed by atoms with Gasteiger partial charge in [0.05, 0.1) is 17.9 Å². The average molecular weight is 302 g/mol. The van der Waals surface area contributed by atoms with Crippen molar-refractivity contribution in [2.45, 2.75) is 39.4 Å². The zero-order valence-electron chi connectivity index (χ0n) is 12.1. The number of amides is 1. The fourth-order valence-electron chi connectivity index (χ4n) is 2.04. The number of hydrogen-bond donors (Lipinski definition) is 0. The van der Waals surface area contributed by atoms with E-state index in [1.807, 2.05) is 0 Å². The van der Waals surface area contributed by atoms with E-state index < -0.39 is 23.2 Å². The third-order valence-electron chi connectivity index (χ3n) is 3.20. The first-order valence-electron chi connectivity index (χ1n) is 6.60. The predicted octanol–water partition coefficient (Wildman–Crippen LogP) is 3.35. The van der Waals surface area contributed by atoms with E-state index in [4.69, 9.17) is 4.84 Å². The molecular formula is C14H17F3N2O2.